The van der Waals surface area contributed by atoms with Crippen LogP contribution >= 0.6 is 11.3 Å². The number of thiazole rings is 1. The van der Waals surface area contributed by atoms with Gasteiger partial charge in [-0.05, 0) is 37.5 Å². The largest absolute Gasteiger partial charge is 0.481 e. The monoisotopic (exact) mass is 262 g/mol. The Morgan fingerprint density at radius 1 is 1.39 bits per heavy atom. The Kier molecular flexibility index (Phi) is 4.04. The van der Waals surface area contributed by atoms with E-state index in [4.69, 9.17) is 5.11 Å². The lowest BCUT2D eigenvalue weighted by molar-refractivity contribution is -0.137. The molecule has 18 heavy (non-hydrogen) atoms. The standard InChI is InChI=1S/C13H14N2O2S/c1-9-15-11(3-2-4-12(16)17)13(18-9)10-5-7-14-8-6-10/h5-8H,2-4H2,1H3,(H,16,17). The number of hydrogen-bond donors (Lipinski definition) is 1. The van der Waals surface area contributed by atoms with Crippen LogP contribution < -0.4 is 0 Å². The number of carboxylic acid groups (broad SMARTS) is 1. The van der Waals surface area contributed by atoms with Crippen LogP contribution in [0.25, 0.3) is 10.4 Å². The van der Waals surface area contributed by atoms with Crippen LogP contribution in [0.15, 0.2) is 24.5 Å². The summed E-state index contributed by atoms with van der Waals surface area (Å²) in [5.74, 6) is -0.757. The van der Waals surface area contributed by atoms with Gasteiger partial charge in [0.15, 0.2) is 0 Å². The molecule has 2 aromatic rings. The van der Waals surface area contributed by atoms with Gasteiger partial charge in [0.1, 0.15) is 0 Å². The first-order valence-corrected chi connectivity index (χ1v) is 6.57. The lowest BCUT2D eigenvalue weighted by Gasteiger charge is -2.01. The minimum atomic E-state index is -0.757. The van der Waals surface area contributed by atoms with Crippen LogP contribution in [0.2, 0.25) is 0 Å². The van der Waals surface area contributed by atoms with Crippen molar-refractivity contribution in [2.45, 2.75) is 26.2 Å². The molecule has 0 aliphatic rings. The fraction of sp³-hybridized carbons (Fsp3) is 0.308. The van der Waals surface area contributed by atoms with E-state index in [-0.39, 0.29) is 6.42 Å². The van der Waals surface area contributed by atoms with Gasteiger partial charge in [-0.25, -0.2) is 4.98 Å². The van der Waals surface area contributed by atoms with Gasteiger partial charge in [-0.2, -0.15) is 0 Å². The summed E-state index contributed by atoms with van der Waals surface area (Å²) >= 11 is 1.64. The van der Waals surface area contributed by atoms with Crippen molar-refractivity contribution in [1.29, 1.82) is 0 Å². The normalized spacial score (nSPS) is 10.5. The fourth-order valence-corrected chi connectivity index (χ4v) is 2.75. The first kappa shape index (κ1) is 12.7. The van der Waals surface area contributed by atoms with Crippen LogP contribution in [-0.4, -0.2) is 21.0 Å². The van der Waals surface area contributed by atoms with Crippen LogP contribution in [0.1, 0.15) is 23.5 Å². The Labute approximate surface area is 109 Å². The SMILES string of the molecule is Cc1nc(CCCC(=O)O)c(-c2ccncc2)s1. The Balaban J connectivity index is 2.18. The van der Waals surface area contributed by atoms with Crippen molar-refractivity contribution in [3.8, 4) is 10.4 Å². The van der Waals surface area contributed by atoms with Gasteiger partial charge in [-0.1, -0.05) is 0 Å². The van der Waals surface area contributed by atoms with E-state index >= 15 is 0 Å². The number of hydrogen-bond acceptors (Lipinski definition) is 4. The van der Waals surface area contributed by atoms with E-state index < -0.39 is 5.97 Å². The van der Waals surface area contributed by atoms with Crippen molar-refractivity contribution < 1.29 is 9.90 Å². The molecule has 0 spiro atoms. The van der Waals surface area contributed by atoms with E-state index in [0.29, 0.717) is 12.8 Å². The van der Waals surface area contributed by atoms with Gasteiger partial charge in [0.25, 0.3) is 0 Å². The number of aryl methyl sites for hydroxylation is 2. The Morgan fingerprint density at radius 2 is 2.11 bits per heavy atom. The van der Waals surface area contributed by atoms with Gasteiger partial charge < -0.3 is 5.11 Å². The van der Waals surface area contributed by atoms with E-state index in [1.807, 2.05) is 19.1 Å². The van der Waals surface area contributed by atoms with E-state index in [1.165, 1.54) is 0 Å². The van der Waals surface area contributed by atoms with Crippen molar-refractivity contribution in [3.05, 3.63) is 35.2 Å². The third-order valence-corrected chi connectivity index (χ3v) is 3.61. The minimum Gasteiger partial charge on any atom is -0.481 e. The molecule has 0 amide bonds. The number of aliphatic carboxylic acids is 1. The number of nitrogens with zero attached hydrogens (tertiary/aromatic N) is 2. The molecular weight excluding hydrogens is 248 g/mol. The molecule has 0 fully saturated rings. The maximum absolute atomic E-state index is 10.5. The highest BCUT2D eigenvalue weighted by molar-refractivity contribution is 7.15. The third-order valence-electron chi connectivity index (χ3n) is 2.55. The van der Waals surface area contributed by atoms with Crippen LogP contribution in [0.5, 0.6) is 0 Å². The highest BCUT2D eigenvalue weighted by atomic mass is 32.1. The lowest BCUT2D eigenvalue weighted by Crippen LogP contribution is -1.97. The summed E-state index contributed by atoms with van der Waals surface area (Å²) in [6.07, 6.45) is 5.02. The summed E-state index contributed by atoms with van der Waals surface area (Å²) in [7, 11) is 0. The molecule has 0 atom stereocenters. The molecule has 2 heterocycles. The predicted octanol–water partition coefficient (Wildman–Crippen LogP) is 2.92. The zero-order valence-electron chi connectivity index (χ0n) is 10.1. The molecule has 0 aliphatic carbocycles. The van der Waals surface area contributed by atoms with Crippen LogP contribution in [-0.2, 0) is 11.2 Å². The van der Waals surface area contributed by atoms with Crippen molar-refractivity contribution >= 4 is 17.3 Å². The smallest absolute Gasteiger partial charge is 0.303 e. The van der Waals surface area contributed by atoms with Crippen molar-refractivity contribution in [2.75, 3.05) is 0 Å². The van der Waals surface area contributed by atoms with Gasteiger partial charge in [-0.15, -0.1) is 11.3 Å². The van der Waals surface area contributed by atoms with Gasteiger partial charge in [-0.3, -0.25) is 9.78 Å². The van der Waals surface area contributed by atoms with E-state index in [1.54, 1.807) is 23.7 Å². The van der Waals surface area contributed by atoms with Gasteiger partial charge in [0, 0.05) is 18.8 Å². The molecule has 0 aromatic carbocycles. The number of carbonyl (C=O) groups is 1. The fourth-order valence-electron chi connectivity index (χ4n) is 1.78. The second kappa shape index (κ2) is 5.73. The van der Waals surface area contributed by atoms with Crippen LogP contribution in [0, 0.1) is 6.92 Å². The van der Waals surface area contributed by atoms with Gasteiger partial charge in [0.05, 0.1) is 15.6 Å². The average Bonchev–Trinajstić information content (AvgIpc) is 2.71. The number of pyridine rings is 1. The molecule has 0 bridgehead atoms. The summed E-state index contributed by atoms with van der Waals surface area (Å²) in [5.41, 5.74) is 2.09. The number of carboxylic acids is 1. The Bertz CT molecular complexity index is 537. The average molecular weight is 262 g/mol. The van der Waals surface area contributed by atoms with E-state index in [9.17, 15) is 4.79 Å². The topological polar surface area (TPSA) is 63.1 Å². The number of rotatable bonds is 5. The molecule has 2 rings (SSSR count). The lowest BCUT2D eigenvalue weighted by atomic mass is 10.1. The molecule has 2 aromatic heterocycles. The van der Waals surface area contributed by atoms with Crippen molar-refractivity contribution in [3.63, 3.8) is 0 Å². The van der Waals surface area contributed by atoms with Crippen molar-refractivity contribution in [2.24, 2.45) is 0 Å². The van der Waals surface area contributed by atoms with E-state index in [0.717, 1.165) is 21.1 Å². The third kappa shape index (κ3) is 3.13. The molecule has 0 saturated carbocycles. The second-order valence-electron chi connectivity index (χ2n) is 3.99. The molecule has 0 aliphatic heterocycles. The molecule has 0 saturated heterocycles. The summed E-state index contributed by atoms with van der Waals surface area (Å²) in [4.78, 5) is 20.1. The minimum absolute atomic E-state index is 0.187. The molecule has 1 N–H and O–H groups in total. The zero-order chi connectivity index (χ0) is 13.0. The summed E-state index contributed by atoms with van der Waals surface area (Å²) in [6, 6.07) is 3.90. The highest BCUT2D eigenvalue weighted by Crippen LogP contribution is 2.30. The molecule has 0 unspecified atom stereocenters. The van der Waals surface area contributed by atoms with Gasteiger partial charge in [0.2, 0.25) is 0 Å². The molecule has 4 nitrogen and oxygen atoms in total. The van der Waals surface area contributed by atoms with Crippen LogP contribution in [0.3, 0.4) is 0 Å². The molecular formula is C13H14N2O2S. The molecule has 94 valence electrons. The van der Waals surface area contributed by atoms with Crippen LogP contribution in [0.4, 0.5) is 0 Å². The summed E-state index contributed by atoms with van der Waals surface area (Å²) < 4.78 is 0. The first-order chi connectivity index (χ1) is 8.66. The highest BCUT2D eigenvalue weighted by Gasteiger charge is 2.11. The second-order valence-corrected chi connectivity index (χ2v) is 5.20. The summed E-state index contributed by atoms with van der Waals surface area (Å²) in [6.45, 7) is 1.97. The molecule has 0 radical (unpaired) electrons. The van der Waals surface area contributed by atoms with Crippen molar-refractivity contribution in [1.82, 2.24) is 9.97 Å². The Morgan fingerprint density at radius 3 is 2.78 bits per heavy atom. The van der Waals surface area contributed by atoms with E-state index in [2.05, 4.69) is 9.97 Å². The zero-order valence-corrected chi connectivity index (χ0v) is 10.9. The maximum Gasteiger partial charge on any atom is 0.303 e. The predicted molar refractivity (Wildman–Crippen MR) is 70.7 cm³/mol. The summed E-state index contributed by atoms with van der Waals surface area (Å²) in [5, 5.41) is 9.66. The first-order valence-electron chi connectivity index (χ1n) is 5.75. The Hall–Kier alpha value is -1.75. The van der Waals surface area contributed by atoms with Gasteiger partial charge >= 0.3 is 5.97 Å². The quantitative estimate of drug-likeness (QED) is 0.899. The maximum atomic E-state index is 10.5. The molecule has 5 heteroatoms. The number of aromatic nitrogens is 2.